The number of halogens is 1. The molecule has 21 heavy (non-hydrogen) atoms. The molecule has 108 valence electrons. The Bertz CT molecular complexity index is 627. The molecule has 0 saturated carbocycles. The van der Waals surface area contributed by atoms with E-state index < -0.39 is 12.0 Å². The second kappa shape index (κ2) is 6.00. The molecule has 0 unspecified atom stereocenters. The second-order valence-electron chi connectivity index (χ2n) is 5.13. The van der Waals surface area contributed by atoms with E-state index in [0.717, 1.165) is 5.56 Å². The van der Waals surface area contributed by atoms with E-state index in [4.69, 9.17) is 0 Å². The number of ketones is 1. The minimum atomic E-state index is -0.669. The molecule has 1 fully saturated rings. The van der Waals surface area contributed by atoms with Crippen LogP contribution in [0.25, 0.3) is 0 Å². The fourth-order valence-electron chi connectivity index (χ4n) is 2.67. The van der Waals surface area contributed by atoms with Gasteiger partial charge in [0, 0.05) is 16.6 Å². The standard InChI is InChI=1S/C17H15FO2S/c18-13-8-6-12(7-9-13)17-15(14(19)10-21-17)16(20)11-4-2-1-3-5-11/h1-9,14-15,17,19H,10H2/t14-,15+,17+/m1/s1. The Balaban J connectivity index is 1.91. The molecule has 0 aromatic heterocycles. The van der Waals surface area contributed by atoms with Crippen molar-refractivity contribution in [3.05, 3.63) is 71.5 Å². The molecule has 1 N–H and O–H groups in total. The number of rotatable bonds is 3. The summed E-state index contributed by atoms with van der Waals surface area (Å²) in [6.45, 7) is 0. The van der Waals surface area contributed by atoms with Crippen LogP contribution < -0.4 is 0 Å². The molecule has 2 aromatic rings. The SMILES string of the molecule is O=C(c1ccccc1)[C@@H]1[C@H](O)CS[C@H]1c1ccc(F)cc1. The van der Waals surface area contributed by atoms with Crippen molar-refractivity contribution in [1.29, 1.82) is 0 Å². The maximum absolute atomic E-state index is 13.0. The predicted octanol–water partition coefficient (Wildman–Crippen LogP) is 3.47. The average Bonchev–Trinajstić information content (AvgIpc) is 2.90. The number of hydrogen-bond donors (Lipinski definition) is 1. The lowest BCUT2D eigenvalue weighted by atomic mass is 9.87. The Morgan fingerprint density at radius 2 is 1.76 bits per heavy atom. The van der Waals surface area contributed by atoms with Crippen molar-refractivity contribution in [1.82, 2.24) is 0 Å². The Morgan fingerprint density at radius 1 is 1.10 bits per heavy atom. The van der Waals surface area contributed by atoms with Gasteiger partial charge in [0.2, 0.25) is 0 Å². The lowest BCUT2D eigenvalue weighted by Crippen LogP contribution is -2.28. The van der Waals surface area contributed by atoms with Crippen LogP contribution in [0.1, 0.15) is 21.2 Å². The number of benzene rings is 2. The molecule has 0 spiro atoms. The number of thioether (sulfide) groups is 1. The normalized spacial score (nSPS) is 25.0. The highest BCUT2D eigenvalue weighted by atomic mass is 32.2. The first-order valence-electron chi connectivity index (χ1n) is 6.81. The van der Waals surface area contributed by atoms with E-state index in [-0.39, 0.29) is 16.9 Å². The van der Waals surface area contributed by atoms with Crippen molar-refractivity contribution in [2.24, 2.45) is 5.92 Å². The maximum Gasteiger partial charge on any atom is 0.170 e. The van der Waals surface area contributed by atoms with E-state index in [1.54, 1.807) is 36.0 Å². The highest BCUT2D eigenvalue weighted by Gasteiger charge is 2.41. The highest BCUT2D eigenvalue weighted by Crippen LogP contribution is 2.46. The van der Waals surface area contributed by atoms with Crippen LogP contribution in [0.15, 0.2) is 54.6 Å². The first-order valence-corrected chi connectivity index (χ1v) is 7.86. The summed E-state index contributed by atoms with van der Waals surface area (Å²) in [6, 6.07) is 15.2. The Morgan fingerprint density at radius 3 is 2.43 bits per heavy atom. The summed E-state index contributed by atoms with van der Waals surface area (Å²) in [5, 5.41) is 10.1. The topological polar surface area (TPSA) is 37.3 Å². The van der Waals surface area contributed by atoms with Crippen LogP contribution in [0.2, 0.25) is 0 Å². The number of aliphatic hydroxyl groups excluding tert-OH is 1. The number of carbonyl (C=O) groups is 1. The summed E-state index contributed by atoms with van der Waals surface area (Å²) in [6.07, 6.45) is -0.669. The number of aliphatic hydroxyl groups is 1. The summed E-state index contributed by atoms with van der Waals surface area (Å²) in [4.78, 5) is 12.7. The van der Waals surface area contributed by atoms with Crippen LogP contribution in [-0.2, 0) is 0 Å². The Hall–Kier alpha value is -1.65. The van der Waals surface area contributed by atoms with Crippen molar-refractivity contribution in [2.45, 2.75) is 11.4 Å². The molecule has 2 nitrogen and oxygen atoms in total. The van der Waals surface area contributed by atoms with Crippen molar-refractivity contribution in [3.63, 3.8) is 0 Å². The molecule has 1 aliphatic rings. The molecular weight excluding hydrogens is 287 g/mol. The third-order valence-corrected chi connectivity index (χ3v) is 5.21. The zero-order valence-electron chi connectivity index (χ0n) is 11.3. The zero-order valence-corrected chi connectivity index (χ0v) is 12.1. The van der Waals surface area contributed by atoms with Crippen LogP contribution >= 0.6 is 11.8 Å². The molecule has 2 aromatic carbocycles. The van der Waals surface area contributed by atoms with Gasteiger partial charge < -0.3 is 5.11 Å². The fraction of sp³-hybridized carbons (Fsp3) is 0.235. The summed E-state index contributed by atoms with van der Waals surface area (Å²) >= 11 is 1.55. The summed E-state index contributed by atoms with van der Waals surface area (Å²) in [5.41, 5.74) is 1.49. The van der Waals surface area contributed by atoms with Crippen LogP contribution in [0.5, 0.6) is 0 Å². The number of hydrogen-bond acceptors (Lipinski definition) is 3. The van der Waals surface area contributed by atoms with Crippen LogP contribution in [0, 0.1) is 11.7 Å². The lowest BCUT2D eigenvalue weighted by molar-refractivity contribution is 0.0757. The van der Waals surface area contributed by atoms with Gasteiger partial charge in [-0.05, 0) is 17.7 Å². The van der Waals surface area contributed by atoms with Crippen LogP contribution in [0.3, 0.4) is 0 Å². The monoisotopic (exact) mass is 302 g/mol. The Labute approximate surface area is 127 Å². The number of carbonyl (C=O) groups excluding carboxylic acids is 1. The van der Waals surface area contributed by atoms with Gasteiger partial charge in [-0.25, -0.2) is 4.39 Å². The van der Waals surface area contributed by atoms with E-state index in [9.17, 15) is 14.3 Å². The minimum absolute atomic E-state index is 0.0533. The molecule has 1 saturated heterocycles. The molecule has 3 rings (SSSR count). The minimum Gasteiger partial charge on any atom is -0.391 e. The largest absolute Gasteiger partial charge is 0.391 e. The van der Waals surface area contributed by atoms with Crippen molar-refractivity contribution >= 4 is 17.5 Å². The molecule has 0 radical (unpaired) electrons. The van der Waals surface area contributed by atoms with E-state index in [1.807, 2.05) is 18.2 Å². The quantitative estimate of drug-likeness (QED) is 0.882. The average molecular weight is 302 g/mol. The van der Waals surface area contributed by atoms with Gasteiger partial charge in [0.1, 0.15) is 5.82 Å². The summed E-state index contributed by atoms with van der Waals surface area (Å²) < 4.78 is 13.0. The van der Waals surface area contributed by atoms with Gasteiger partial charge >= 0.3 is 0 Å². The molecular formula is C17H15FO2S. The van der Waals surface area contributed by atoms with Crippen molar-refractivity contribution in [2.75, 3.05) is 5.75 Å². The van der Waals surface area contributed by atoms with Gasteiger partial charge in [0.15, 0.2) is 5.78 Å². The summed E-state index contributed by atoms with van der Waals surface area (Å²) in [5.74, 6) is -0.316. The predicted molar refractivity (Wildman–Crippen MR) is 81.9 cm³/mol. The van der Waals surface area contributed by atoms with E-state index in [0.29, 0.717) is 11.3 Å². The third-order valence-electron chi connectivity index (χ3n) is 3.75. The van der Waals surface area contributed by atoms with E-state index in [2.05, 4.69) is 0 Å². The molecule has 3 atom stereocenters. The molecule has 0 aliphatic carbocycles. The van der Waals surface area contributed by atoms with E-state index >= 15 is 0 Å². The van der Waals surface area contributed by atoms with Gasteiger partial charge in [-0.1, -0.05) is 42.5 Å². The van der Waals surface area contributed by atoms with Gasteiger partial charge in [-0.3, -0.25) is 4.79 Å². The lowest BCUT2D eigenvalue weighted by Gasteiger charge is -2.20. The van der Waals surface area contributed by atoms with Crippen molar-refractivity contribution in [3.8, 4) is 0 Å². The first kappa shape index (κ1) is 14.3. The van der Waals surface area contributed by atoms with Crippen LogP contribution in [-0.4, -0.2) is 22.7 Å². The molecule has 1 heterocycles. The second-order valence-corrected chi connectivity index (χ2v) is 6.30. The van der Waals surface area contributed by atoms with Gasteiger partial charge in [-0.15, -0.1) is 0 Å². The molecule has 4 heteroatoms. The highest BCUT2D eigenvalue weighted by molar-refractivity contribution is 7.99. The smallest absolute Gasteiger partial charge is 0.170 e. The fourth-order valence-corrected chi connectivity index (χ4v) is 4.15. The molecule has 0 amide bonds. The van der Waals surface area contributed by atoms with Crippen molar-refractivity contribution < 1.29 is 14.3 Å². The first-order chi connectivity index (χ1) is 10.2. The Kier molecular flexibility index (Phi) is 4.08. The summed E-state index contributed by atoms with van der Waals surface area (Å²) in [7, 11) is 0. The molecule has 0 bridgehead atoms. The molecule has 1 aliphatic heterocycles. The maximum atomic E-state index is 13.0. The van der Waals surface area contributed by atoms with E-state index in [1.165, 1.54) is 12.1 Å². The van der Waals surface area contributed by atoms with Crippen LogP contribution in [0.4, 0.5) is 4.39 Å². The van der Waals surface area contributed by atoms with Gasteiger partial charge in [0.05, 0.1) is 12.0 Å². The third kappa shape index (κ3) is 2.87. The zero-order chi connectivity index (χ0) is 14.8. The van der Waals surface area contributed by atoms with Gasteiger partial charge in [-0.2, -0.15) is 11.8 Å². The number of Topliss-reactive ketones (excluding diaryl/α,β-unsaturated/α-hetero) is 1. The van der Waals surface area contributed by atoms with Gasteiger partial charge in [0.25, 0.3) is 0 Å².